The summed E-state index contributed by atoms with van der Waals surface area (Å²) in [6, 6.07) is 6.92. The molecule has 0 unspecified atom stereocenters. The summed E-state index contributed by atoms with van der Waals surface area (Å²) in [5, 5.41) is 8.97. The SMILES string of the molecule is O=C(I)CCc1ccc(O)cc1. The molecule has 1 aromatic rings. The normalized spacial score (nSPS) is 9.75. The molecule has 0 aliphatic heterocycles. The minimum Gasteiger partial charge on any atom is -0.508 e. The van der Waals surface area contributed by atoms with E-state index in [1.54, 1.807) is 34.7 Å². The molecule has 0 aromatic heterocycles. The maximum Gasteiger partial charge on any atom is 0.192 e. The van der Waals surface area contributed by atoms with E-state index in [0.29, 0.717) is 6.42 Å². The number of carbonyl (C=O) groups is 1. The second-order valence-corrected chi connectivity index (χ2v) is 3.72. The van der Waals surface area contributed by atoms with Crippen LogP contribution in [0.25, 0.3) is 0 Å². The summed E-state index contributed by atoms with van der Waals surface area (Å²) in [5.74, 6) is 0.263. The third kappa shape index (κ3) is 3.21. The number of carbonyl (C=O) groups excluding carboxylic acids is 1. The highest BCUT2D eigenvalue weighted by molar-refractivity contribution is 14.1. The zero-order chi connectivity index (χ0) is 8.97. The van der Waals surface area contributed by atoms with E-state index in [9.17, 15) is 4.79 Å². The van der Waals surface area contributed by atoms with Gasteiger partial charge in [0.15, 0.2) is 3.79 Å². The third-order valence-corrected chi connectivity index (χ3v) is 2.09. The molecular formula is C9H9IO2. The summed E-state index contributed by atoms with van der Waals surface area (Å²) in [6.45, 7) is 0. The summed E-state index contributed by atoms with van der Waals surface area (Å²) in [5.41, 5.74) is 1.08. The summed E-state index contributed by atoms with van der Waals surface area (Å²) in [4.78, 5) is 10.6. The second kappa shape index (κ2) is 4.45. The van der Waals surface area contributed by atoms with Crippen molar-refractivity contribution in [1.29, 1.82) is 0 Å². The van der Waals surface area contributed by atoms with E-state index in [2.05, 4.69) is 0 Å². The molecule has 0 fully saturated rings. The van der Waals surface area contributed by atoms with Crippen LogP contribution in [0.1, 0.15) is 12.0 Å². The summed E-state index contributed by atoms with van der Waals surface area (Å²) in [7, 11) is 0. The highest BCUT2D eigenvalue weighted by Gasteiger charge is 1.97. The number of aromatic hydroxyl groups is 1. The van der Waals surface area contributed by atoms with Crippen molar-refractivity contribution >= 4 is 26.4 Å². The lowest BCUT2D eigenvalue weighted by Gasteiger charge is -1.97. The number of hydrogen-bond acceptors (Lipinski definition) is 2. The van der Waals surface area contributed by atoms with Gasteiger partial charge in [0.2, 0.25) is 0 Å². The summed E-state index contributed by atoms with van der Waals surface area (Å²) in [6.07, 6.45) is 1.31. The van der Waals surface area contributed by atoms with Crippen molar-refractivity contribution in [3.63, 3.8) is 0 Å². The molecule has 64 valence electrons. The maximum atomic E-state index is 10.6. The van der Waals surface area contributed by atoms with Crippen molar-refractivity contribution in [3.8, 4) is 5.75 Å². The molecule has 0 heterocycles. The van der Waals surface area contributed by atoms with Crippen LogP contribution in [0.5, 0.6) is 5.75 Å². The van der Waals surface area contributed by atoms with Gasteiger partial charge in [0.1, 0.15) is 5.75 Å². The predicted molar refractivity (Wildman–Crippen MR) is 55.5 cm³/mol. The number of halogens is 1. The van der Waals surface area contributed by atoms with Crippen molar-refractivity contribution in [2.45, 2.75) is 12.8 Å². The van der Waals surface area contributed by atoms with Crippen molar-refractivity contribution in [1.82, 2.24) is 0 Å². The van der Waals surface area contributed by atoms with Gasteiger partial charge >= 0.3 is 0 Å². The van der Waals surface area contributed by atoms with Crippen LogP contribution in [0, 0.1) is 0 Å². The molecule has 0 saturated heterocycles. The van der Waals surface area contributed by atoms with Crippen molar-refractivity contribution in [2.24, 2.45) is 0 Å². The van der Waals surface area contributed by atoms with Crippen LogP contribution in [-0.4, -0.2) is 8.90 Å². The highest BCUT2D eigenvalue weighted by Crippen LogP contribution is 2.11. The van der Waals surface area contributed by atoms with Gasteiger partial charge in [-0.15, -0.1) is 0 Å². The minimum atomic E-state index is 0.167. The van der Waals surface area contributed by atoms with Gasteiger partial charge in [0, 0.05) is 6.42 Å². The maximum absolute atomic E-state index is 10.6. The molecule has 0 amide bonds. The fourth-order valence-electron chi connectivity index (χ4n) is 0.905. The van der Waals surface area contributed by atoms with Gasteiger partial charge in [-0.05, 0) is 46.7 Å². The number of phenolic OH excluding ortho intramolecular Hbond substituents is 1. The van der Waals surface area contributed by atoms with E-state index >= 15 is 0 Å². The molecule has 0 aliphatic carbocycles. The predicted octanol–water partition coefficient (Wildman–Crippen LogP) is 2.29. The average Bonchev–Trinajstić information content (AvgIpc) is 2.03. The first-order chi connectivity index (χ1) is 5.68. The monoisotopic (exact) mass is 276 g/mol. The Labute approximate surface area is 84.7 Å². The van der Waals surface area contributed by atoms with Gasteiger partial charge < -0.3 is 5.11 Å². The molecule has 3 heteroatoms. The van der Waals surface area contributed by atoms with E-state index in [1.807, 2.05) is 12.1 Å². The largest absolute Gasteiger partial charge is 0.508 e. The lowest BCUT2D eigenvalue weighted by Crippen LogP contribution is -1.89. The van der Waals surface area contributed by atoms with Crippen molar-refractivity contribution in [3.05, 3.63) is 29.8 Å². The first-order valence-corrected chi connectivity index (χ1v) is 4.72. The molecule has 0 spiro atoms. The summed E-state index contributed by atoms with van der Waals surface area (Å²) < 4.78 is 0.167. The molecule has 1 rings (SSSR count). The molecule has 0 radical (unpaired) electrons. The number of aryl methyl sites for hydroxylation is 1. The number of benzene rings is 1. The molecule has 1 N–H and O–H groups in total. The quantitative estimate of drug-likeness (QED) is 0.679. The first kappa shape index (κ1) is 9.51. The molecule has 2 nitrogen and oxygen atoms in total. The van der Waals surface area contributed by atoms with Crippen LogP contribution >= 0.6 is 22.6 Å². The number of phenols is 1. The smallest absolute Gasteiger partial charge is 0.192 e. The summed E-state index contributed by atoms with van der Waals surface area (Å²) >= 11 is 1.79. The zero-order valence-electron chi connectivity index (χ0n) is 6.46. The van der Waals surface area contributed by atoms with Crippen LogP contribution in [0.15, 0.2) is 24.3 Å². The van der Waals surface area contributed by atoms with Crippen LogP contribution < -0.4 is 0 Å². The first-order valence-electron chi connectivity index (χ1n) is 3.65. The van der Waals surface area contributed by atoms with Crippen molar-refractivity contribution in [2.75, 3.05) is 0 Å². The van der Waals surface area contributed by atoms with E-state index < -0.39 is 0 Å². The fraction of sp³-hybridized carbons (Fsp3) is 0.222. The Morgan fingerprint density at radius 2 is 1.92 bits per heavy atom. The van der Waals surface area contributed by atoms with Crippen LogP contribution in [0.4, 0.5) is 0 Å². The number of hydrogen-bond donors (Lipinski definition) is 1. The second-order valence-electron chi connectivity index (χ2n) is 2.52. The third-order valence-electron chi connectivity index (χ3n) is 1.55. The lowest BCUT2D eigenvalue weighted by atomic mass is 10.1. The zero-order valence-corrected chi connectivity index (χ0v) is 8.61. The highest BCUT2D eigenvalue weighted by atomic mass is 127. The van der Waals surface area contributed by atoms with E-state index in [1.165, 1.54) is 0 Å². The topological polar surface area (TPSA) is 37.3 Å². The lowest BCUT2D eigenvalue weighted by molar-refractivity contribution is -0.109. The minimum absolute atomic E-state index is 0.167. The Bertz CT molecular complexity index is 266. The Morgan fingerprint density at radius 3 is 2.42 bits per heavy atom. The molecule has 12 heavy (non-hydrogen) atoms. The Balaban J connectivity index is 2.53. The van der Waals surface area contributed by atoms with Crippen molar-refractivity contribution < 1.29 is 9.90 Å². The molecule has 0 aliphatic rings. The average molecular weight is 276 g/mol. The Kier molecular flexibility index (Phi) is 3.52. The van der Waals surface area contributed by atoms with E-state index in [0.717, 1.165) is 12.0 Å². The Hall–Kier alpha value is -0.580. The van der Waals surface area contributed by atoms with E-state index in [4.69, 9.17) is 5.11 Å². The fourth-order valence-corrected chi connectivity index (χ4v) is 1.17. The van der Waals surface area contributed by atoms with Gasteiger partial charge in [-0.25, -0.2) is 0 Å². The standard InChI is InChI=1S/C9H9IO2/c10-9(12)6-3-7-1-4-8(11)5-2-7/h1-2,4-5,11H,3,6H2. The van der Waals surface area contributed by atoms with Gasteiger partial charge in [-0.1, -0.05) is 12.1 Å². The van der Waals surface area contributed by atoms with Crippen LogP contribution in [-0.2, 0) is 11.2 Å². The molecule has 0 atom stereocenters. The molecular weight excluding hydrogens is 267 g/mol. The van der Waals surface area contributed by atoms with Gasteiger partial charge in [-0.3, -0.25) is 4.79 Å². The molecule has 0 saturated carbocycles. The molecule has 0 bridgehead atoms. The molecule has 1 aromatic carbocycles. The van der Waals surface area contributed by atoms with E-state index in [-0.39, 0.29) is 9.54 Å². The van der Waals surface area contributed by atoms with Crippen LogP contribution in [0.3, 0.4) is 0 Å². The van der Waals surface area contributed by atoms with Gasteiger partial charge in [0.05, 0.1) is 0 Å². The van der Waals surface area contributed by atoms with Gasteiger partial charge in [0.25, 0.3) is 0 Å². The van der Waals surface area contributed by atoms with Crippen LogP contribution in [0.2, 0.25) is 0 Å². The Morgan fingerprint density at radius 1 is 1.33 bits per heavy atom. The van der Waals surface area contributed by atoms with Gasteiger partial charge in [-0.2, -0.15) is 0 Å². The number of rotatable bonds is 3.